The Labute approximate surface area is 82.4 Å². The Hall–Kier alpha value is -1.77. The lowest BCUT2D eigenvalue weighted by Gasteiger charge is -1.92. The first-order valence-corrected chi connectivity index (χ1v) is 4.46. The molecule has 2 aromatic heterocycles. The molecule has 0 fully saturated rings. The van der Waals surface area contributed by atoms with Gasteiger partial charge < -0.3 is 4.98 Å². The SMILES string of the molecule is [B]c1ccc2[nH]c3ncccc3c2c1. The maximum absolute atomic E-state index is 5.74. The minimum atomic E-state index is 0.780. The number of fused-ring (bicyclic) bond motifs is 3. The number of aromatic amines is 1. The Morgan fingerprint density at radius 2 is 2.07 bits per heavy atom. The molecule has 0 aliphatic rings. The molecule has 64 valence electrons. The predicted molar refractivity (Wildman–Crippen MR) is 59.0 cm³/mol. The molecule has 0 spiro atoms. The summed E-state index contributed by atoms with van der Waals surface area (Å²) in [5.41, 5.74) is 2.77. The lowest BCUT2D eigenvalue weighted by molar-refractivity contribution is 1.35. The van der Waals surface area contributed by atoms with Crippen LogP contribution in [-0.2, 0) is 0 Å². The van der Waals surface area contributed by atoms with Gasteiger partial charge in [0.1, 0.15) is 13.5 Å². The standard InChI is InChI=1S/C11H7BN2/c12-7-3-4-10-9(6-7)8-2-1-5-13-11(8)14-10/h1-6H,(H,13,14). The van der Waals surface area contributed by atoms with Crippen LogP contribution >= 0.6 is 0 Å². The van der Waals surface area contributed by atoms with E-state index >= 15 is 0 Å². The summed E-state index contributed by atoms with van der Waals surface area (Å²) in [6, 6.07) is 9.80. The normalized spacial score (nSPS) is 11.1. The van der Waals surface area contributed by atoms with Crippen molar-refractivity contribution < 1.29 is 0 Å². The number of H-pyrrole nitrogens is 1. The highest BCUT2D eigenvalue weighted by molar-refractivity contribution is 6.33. The van der Waals surface area contributed by atoms with Crippen LogP contribution < -0.4 is 5.46 Å². The van der Waals surface area contributed by atoms with Crippen molar-refractivity contribution in [2.75, 3.05) is 0 Å². The fourth-order valence-corrected chi connectivity index (χ4v) is 1.74. The third-order valence-corrected chi connectivity index (χ3v) is 2.39. The van der Waals surface area contributed by atoms with E-state index in [0.29, 0.717) is 0 Å². The molecule has 3 aromatic rings. The van der Waals surface area contributed by atoms with Crippen molar-refractivity contribution in [2.45, 2.75) is 0 Å². The summed E-state index contributed by atoms with van der Waals surface area (Å²) < 4.78 is 0. The molecule has 1 N–H and O–H groups in total. The minimum Gasteiger partial charge on any atom is -0.339 e. The number of hydrogen-bond acceptors (Lipinski definition) is 1. The van der Waals surface area contributed by atoms with Gasteiger partial charge in [-0.1, -0.05) is 17.6 Å². The van der Waals surface area contributed by atoms with Gasteiger partial charge >= 0.3 is 0 Å². The van der Waals surface area contributed by atoms with E-state index in [1.54, 1.807) is 6.20 Å². The Morgan fingerprint density at radius 1 is 1.14 bits per heavy atom. The van der Waals surface area contributed by atoms with Crippen LogP contribution in [0, 0.1) is 0 Å². The van der Waals surface area contributed by atoms with Crippen molar-refractivity contribution in [2.24, 2.45) is 0 Å². The molecule has 0 atom stereocenters. The second kappa shape index (κ2) is 2.61. The molecule has 3 heteroatoms. The van der Waals surface area contributed by atoms with Crippen molar-refractivity contribution in [1.82, 2.24) is 9.97 Å². The first-order valence-electron chi connectivity index (χ1n) is 4.46. The molecule has 0 saturated heterocycles. The lowest BCUT2D eigenvalue weighted by atomic mass is 9.95. The van der Waals surface area contributed by atoms with E-state index in [9.17, 15) is 0 Å². The van der Waals surface area contributed by atoms with Gasteiger partial charge in [0.05, 0.1) is 0 Å². The molecular weight excluding hydrogens is 171 g/mol. The van der Waals surface area contributed by atoms with Crippen LogP contribution in [0.2, 0.25) is 0 Å². The monoisotopic (exact) mass is 178 g/mol. The fraction of sp³-hybridized carbons (Fsp3) is 0. The first-order chi connectivity index (χ1) is 6.84. The molecule has 0 bridgehead atoms. The molecule has 1 aromatic carbocycles. The number of nitrogens with one attached hydrogen (secondary N) is 1. The summed E-state index contributed by atoms with van der Waals surface area (Å²) in [4.78, 5) is 7.49. The Bertz CT molecular complexity index is 613. The maximum atomic E-state index is 5.74. The Morgan fingerprint density at radius 3 is 3.00 bits per heavy atom. The van der Waals surface area contributed by atoms with Gasteiger partial charge in [-0.05, 0) is 18.2 Å². The molecule has 2 nitrogen and oxygen atoms in total. The third kappa shape index (κ3) is 0.955. The summed E-state index contributed by atoms with van der Waals surface area (Å²) in [5, 5.41) is 2.25. The second-order valence-corrected chi connectivity index (χ2v) is 3.33. The Kier molecular flexibility index (Phi) is 1.42. The predicted octanol–water partition coefficient (Wildman–Crippen LogP) is 1.51. The van der Waals surface area contributed by atoms with E-state index in [-0.39, 0.29) is 0 Å². The number of rotatable bonds is 0. The highest BCUT2D eigenvalue weighted by Gasteiger charge is 2.02. The van der Waals surface area contributed by atoms with Crippen LogP contribution in [0.5, 0.6) is 0 Å². The van der Waals surface area contributed by atoms with Crippen molar-refractivity contribution in [3.8, 4) is 0 Å². The minimum absolute atomic E-state index is 0.780. The van der Waals surface area contributed by atoms with Crippen molar-refractivity contribution >= 4 is 35.2 Å². The highest BCUT2D eigenvalue weighted by atomic mass is 14.8. The van der Waals surface area contributed by atoms with Gasteiger partial charge in [-0.2, -0.15) is 0 Å². The molecule has 0 saturated carbocycles. The fourth-order valence-electron chi connectivity index (χ4n) is 1.74. The average Bonchev–Trinajstić information content (AvgIpc) is 2.56. The molecule has 0 aliphatic heterocycles. The third-order valence-electron chi connectivity index (χ3n) is 2.39. The molecule has 3 rings (SSSR count). The lowest BCUT2D eigenvalue weighted by Crippen LogP contribution is -1.98. The van der Waals surface area contributed by atoms with Crippen LogP contribution in [0.3, 0.4) is 0 Å². The van der Waals surface area contributed by atoms with Crippen molar-refractivity contribution in [1.29, 1.82) is 0 Å². The van der Waals surface area contributed by atoms with E-state index in [1.807, 2.05) is 30.3 Å². The number of benzene rings is 1. The zero-order valence-electron chi connectivity index (χ0n) is 7.49. The summed E-state index contributed by atoms with van der Waals surface area (Å²) in [5.74, 6) is 0. The van der Waals surface area contributed by atoms with Crippen molar-refractivity contribution in [3.05, 3.63) is 36.5 Å². The largest absolute Gasteiger partial charge is 0.339 e. The van der Waals surface area contributed by atoms with Gasteiger partial charge in [0, 0.05) is 22.5 Å². The molecule has 0 aliphatic carbocycles. The van der Waals surface area contributed by atoms with Crippen molar-refractivity contribution in [3.63, 3.8) is 0 Å². The van der Waals surface area contributed by atoms with Crippen LogP contribution in [0.25, 0.3) is 21.9 Å². The molecule has 0 amide bonds. The first kappa shape index (κ1) is 7.62. The van der Waals surface area contributed by atoms with Gasteiger partial charge in [-0.15, -0.1) is 0 Å². The maximum Gasteiger partial charge on any atom is 0.138 e. The zero-order chi connectivity index (χ0) is 9.54. The zero-order valence-corrected chi connectivity index (χ0v) is 7.49. The quantitative estimate of drug-likeness (QED) is 0.519. The number of aromatic nitrogens is 2. The number of nitrogens with zero attached hydrogens (tertiary/aromatic N) is 1. The highest BCUT2D eigenvalue weighted by Crippen LogP contribution is 2.21. The molecule has 2 heterocycles. The molecule has 0 unspecified atom stereocenters. The van der Waals surface area contributed by atoms with Crippen LogP contribution in [0.1, 0.15) is 0 Å². The van der Waals surface area contributed by atoms with Gasteiger partial charge in [-0.3, -0.25) is 0 Å². The van der Waals surface area contributed by atoms with Crippen LogP contribution in [0.15, 0.2) is 36.5 Å². The second-order valence-electron chi connectivity index (χ2n) is 3.33. The molecule has 2 radical (unpaired) electrons. The average molecular weight is 178 g/mol. The summed E-state index contributed by atoms with van der Waals surface area (Å²) in [6.45, 7) is 0. The van der Waals surface area contributed by atoms with Gasteiger partial charge in [-0.25, -0.2) is 4.98 Å². The van der Waals surface area contributed by atoms with E-state index in [0.717, 1.165) is 27.4 Å². The van der Waals surface area contributed by atoms with E-state index in [1.165, 1.54) is 0 Å². The number of pyridine rings is 1. The summed E-state index contributed by atoms with van der Waals surface area (Å²) >= 11 is 0. The smallest absolute Gasteiger partial charge is 0.138 e. The van der Waals surface area contributed by atoms with E-state index < -0.39 is 0 Å². The van der Waals surface area contributed by atoms with Gasteiger partial charge in [0.15, 0.2) is 0 Å². The van der Waals surface area contributed by atoms with Crippen LogP contribution in [0.4, 0.5) is 0 Å². The van der Waals surface area contributed by atoms with E-state index in [2.05, 4.69) is 9.97 Å². The van der Waals surface area contributed by atoms with E-state index in [4.69, 9.17) is 7.85 Å². The van der Waals surface area contributed by atoms with Gasteiger partial charge in [0.25, 0.3) is 0 Å². The topological polar surface area (TPSA) is 28.7 Å². The molecular formula is C11H7BN2. The molecule has 14 heavy (non-hydrogen) atoms. The summed E-state index contributed by atoms with van der Waals surface area (Å²) in [7, 11) is 5.74. The Balaban J connectivity index is 2.58. The summed E-state index contributed by atoms with van der Waals surface area (Å²) in [6.07, 6.45) is 1.78. The number of hydrogen-bond donors (Lipinski definition) is 1. The van der Waals surface area contributed by atoms with Crippen LogP contribution in [-0.4, -0.2) is 17.8 Å². The van der Waals surface area contributed by atoms with Gasteiger partial charge in [0.2, 0.25) is 0 Å².